The summed E-state index contributed by atoms with van der Waals surface area (Å²) in [4.78, 5) is 7.87. The summed E-state index contributed by atoms with van der Waals surface area (Å²) in [7, 11) is 1.54. The van der Waals surface area contributed by atoms with E-state index in [9.17, 15) is 8.78 Å². The summed E-state index contributed by atoms with van der Waals surface area (Å²) in [5.74, 6) is 0.824. The van der Waals surface area contributed by atoms with Gasteiger partial charge in [0.15, 0.2) is 0 Å². The van der Waals surface area contributed by atoms with Gasteiger partial charge in [0, 0.05) is 31.2 Å². The lowest BCUT2D eigenvalue weighted by molar-refractivity contribution is 0.0666. The zero-order valence-electron chi connectivity index (χ0n) is 10.4. The van der Waals surface area contributed by atoms with Gasteiger partial charge in [-0.2, -0.15) is 8.78 Å². The van der Waals surface area contributed by atoms with E-state index in [0.717, 1.165) is 10.1 Å². The monoisotopic (exact) mass is 268 g/mol. The summed E-state index contributed by atoms with van der Waals surface area (Å²) in [5.41, 5.74) is 0.960. The number of rotatable bonds is 6. The Balaban J connectivity index is 1.90. The zero-order valence-corrected chi connectivity index (χ0v) is 10.4. The third-order valence-electron chi connectivity index (χ3n) is 2.58. The van der Waals surface area contributed by atoms with E-state index in [1.54, 1.807) is 19.4 Å². The molecule has 2 heterocycles. The summed E-state index contributed by atoms with van der Waals surface area (Å²) in [6.45, 7) is -1.78. The largest absolute Gasteiger partial charge is 0.481 e. The maximum atomic E-state index is 12.6. The highest BCUT2D eigenvalue weighted by atomic mass is 19.3. The molecular weight excluding hydrogens is 254 g/mol. The van der Waals surface area contributed by atoms with E-state index >= 15 is 0 Å². The zero-order chi connectivity index (χ0) is 13.7. The predicted octanol–water partition coefficient (Wildman–Crippen LogP) is 1.97. The molecule has 0 unspecified atom stereocenters. The summed E-state index contributed by atoms with van der Waals surface area (Å²) in [5, 5.41) is 3.05. The van der Waals surface area contributed by atoms with Gasteiger partial charge in [0.1, 0.15) is 5.82 Å². The smallest absolute Gasteiger partial charge is 0.319 e. The first-order valence-corrected chi connectivity index (χ1v) is 5.70. The molecule has 102 valence electrons. The Morgan fingerprint density at radius 1 is 1.32 bits per heavy atom. The van der Waals surface area contributed by atoms with Gasteiger partial charge in [0.25, 0.3) is 0 Å². The number of nitrogens with zero attached hydrogens (tertiary/aromatic N) is 3. The van der Waals surface area contributed by atoms with Gasteiger partial charge < -0.3 is 10.1 Å². The van der Waals surface area contributed by atoms with Crippen LogP contribution in [0, 0.1) is 0 Å². The van der Waals surface area contributed by atoms with Gasteiger partial charge in [-0.05, 0) is 11.6 Å². The van der Waals surface area contributed by atoms with E-state index in [1.165, 1.54) is 12.4 Å². The Bertz CT molecular complexity index is 530. The Labute approximate surface area is 109 Å². The number of halogens is 2. The van der Waals surface area contributed by atoms with E-state index in [2.05, 4.69) is 15.3 Å². The summed E-state index contributed by atoms with van der Waals surface area (Å²) in [6.07, 6.45) is 4.26. The summed E-state index contributed by atoms with van der Waals surface area (Å²) < 4.78 is 31.0. The Morgan fingerprint density at radius 3 is 2.89 bits per heavy atom. The predicted molar refractivity (Wildman–Crippen MR) is 64.8 cm³/mol. The topological polar surface area (TPSA) is 52.0 Å². The Morgan fingerprint density at radius 2 is 2.16 bits per heavy atom. The third-order valence-corrected chi connectivity index (χ3v) is 2.58. The Hall–Kier alpha value is -2.02. The average molecular weight is 268 g/mol. The van der Waals surface area contributed by atoms with Crippen LogP contribution in [-0.4, -0.2) is 21.6 Å². The van der Waals surface area contributed by atoms with Crippen LogP contribution in [0.25, 0.3) is 0 Å². The normalized spacial score (nSPS) is 10.9. The number of pyridine rings is 1. The van der Waals surface area contributed by atoms with E-state index in [-0.39, 0.29) is 6.54 Å². The number of ether oxygens (including phenoxy) is 1. The number of imidazole rings is 1. The maximum absolute atomic E-state index is 12.6. The van der Waals surface area contributed by atoms with Gasteiger partial charge >= 0.3 is 6.55 Å². The molecule has 0 atom stereocenters. The fourth-order valence-electron chi connectivity index (χ4n) is 1.65. The van der Waals surface area contributed by atoms with Crippen molar-refractivity contribution in [2.75, 3.05) is 7.11 Å². The molecule has 0 spiro atoms. The molecule has 7 heteroatoms. The second kappa shape index (κ2) is 6.24. The summed E-state index contributed by atoms with van der Waals surface area (Å²) in [6, 6.07) is 3.61. The number of methoxy groups -OCH3 is 1. The second-order valence-electron chi connectivity index (χ2n) is 3.84. The van der Waals surface area contributed by atoms with Crippen LogP contribution >= 0.6 is 0 Å². The molecular formula is C12H14F2N4O. The molecule has 2 rings (SSSR count). The number of alkyl halides is 2. The molecule has 0 aliphatic heterocycles. The van der Waals surface area contributed by atoms with Gasteiger partial charge in [-0.15, -0.1) is 0 Å². The van der Waals surface area contributed by atoms with E-state index in [1.807, 2.05) is 6.07 Å². The van der Waals surface area contributed by atoms with Crippen molar-refractivity contribution in [3.05, 3.63) is 42.1 Å². The molecule has 0 bridgehead atoms. The lowest BCUT2D eigenvalue weighted by Crippen LogP contribution is -2.17. The van der Waals surface area contributed by atoms with Crippen LogP contribution in [0.2, 0.25) is 0 Å². The minimum absolute atomic E-state index is 0.266. The van der Waals surface area contributed by atoms with Crippen molar-refractivity contribution >= 4 is 0 Å². The average Bonchev–Trinajstić information content (AvgIpc) is 2.87. The van der Waals surface area contributed by atoms with E-state index < -0.39 is 6.55 Å². The molecule has 0 fully saturated rings. The number of hydrogen-bond acceptors (Lipinski definition) is 4. The molecule has 0 radical (unpaired) electrons. The lowest BCUT2D eigenvalue weighted by Gasteiger charge is -2.08. The van der Waals surface area contributed by atoms with Crippen LogP contribution in [0.4, 0.5) is 8.78 Å². The first kappa shape index (κ1) is 13.4. The molecule has 5 nitrogen and oxygen atoms in total. The van der Waals surface area contributed by atoms with Crippen molar-refractivity contribution in [1.29, 1.82) is 0 Å². The minimum Gasteiger partial charge on any atom is -0.481 e. The van der Waals surface area contributed by atoms with Crippen LogP contribution in [0.3, 0.4) is 0 Å². The standard InChI is InChI=1S/C12H14F2N4O/c1-19-11-6-9(2-3-17-11)7-15-8-10-16-4-5-18(10)12(13)14/h2-6,12,15H,7-8H2,1H3. The van der Waals surface area contributed by atoms with Crippen molar-refractivity contribution in [3.8, 4) is 5.88 Å². The van der Waals surface area contributed by atoms with E-state index in [4.69, 9.17) is 4.74 Å². The summed E-state index contributed by atoms with van der Waals surface area (Å²) >= 11 is 0. The van der Waals surface area contributed by atoms with Crippen LogP contribution in [0.15, 0.2) is 30.7 Å². The molecule has 0 saturated carbocycles. The van der Waals surface area contributed by atoms with Gasteiger partial charge in [0.05, 0.1) is 13.7 Å². The fourth-order valence-corrected chi connectivity index (χ4v) is 1.65. The van der Waals surface area contributed by atoms with Crippen molar-refractivity contribution in [3.63, 3.8) is 0 Å². The van der Waals surface area contributed by atoms with E-state index in [0.29, 0.717) is 18.2 Å². The first-order valence-electron chi connectivity index (χ1n) is 5.70. The second-order valence-corrected chi connectivity index (χ2v) is 3.84. The van der Waals surface area contributed by atoms with Crippen LogP contribution in [0.5, 0.6) is 5.88 Å². The maximum Gasteiger partial charge on any atom is 0.319 e. The van der Waals surface area contributed by atoms with Crippen LogP contribution in [0.1, 0.15) is 17.9 Å². The number of hydrogen-bond donors (Lipinski definition) is 1. The molecule has 0 aromatic carbocycles. The molecule has 19 heavy (non-hydrogen) atoms. The molecule has 0 amide bonds. The highest BCUT2D eigenvalue weighted by molar-refractivity contribution is 5.20. The van der Waals surface area contributed by atoms with Crippen molar-refractivity contribution < 1.29 is 13.5 Å². The fraction of sp³-hybridized carbons (Fsp3) is 0.333. The molecule has 2 aromatic heterocycles. The van der Waals surface area contributed by atoms with Crippen LogP contribution in [-0.2, 0) is 13.1 Å². The molecule has 0 aliphatic carbocycles. The minimum atomic E-state index is -2.57. The van der Waals surface area contributed by atoms with Crippen molar-refractivity contribution in [1.82, 2.24) is 19.9 Å². The third kappa shape index (κ3) is 3.47. The highest BCUT2D eigenvalue weighted by Crippen LogP contribution is 2.12. The molecule has 1 N–H and O–H groups in total. The first-order chi connectivity index (χ1) is 9.20. The number of aromatic nitrogens is 3. The molecule has 2 aromatic rings. The number of nitrogens with one attached hydrogen (secondary N) is 1. The van der Waals surface area contributed by atoms with Gasteiger partial charge in [-0.25, -0.2) is 9.97 Å². The lowest BCUT2D eigenvalue weighted by atomic mass is 10.2. The van der Waals surface area contributed by atoms with Crippen molar-refractivity contribution in [2.45, 2.75) is 19.6 Å². The molecule has 0 aliphatic rings. The Kier molecular flexibility index (Phi) is 4.40. The molecule has 0 saturated heterocycles. The van der Waals surface area contributed by atoms with Crippen LogP contribution < -0.4 is 10.1 Å². The highest BCUT2D eigenvalue weighted by Gasteiger charge is 2.10. The SMILES string of the molecule is COc1cc(CNCc2nccn2C(F)F)ccn1. The van der Waals surface area contributed by atoms with Gasteiger partial charge in [-0.1, -0.05) is 0 Å². The van der Waals surface area contributed by atoms with Gasteiger partial charge in [-0.3, -0.25) is 4.57 Å². The quantitative estimate of drug-likeness (QED) is 0.870. The van der Waals surface area contributed by atoms with Gasteiger partial charge in [0.2, 0.25) is 5.88 Å². The van der Waals surface area contributed by atoms with Crippen molar-refractivity contribution in [2.24, 2.45) is 0 Å².